The lowest BCUT2D eigenvalue weighted by molar-refractivity contribution is 0.0642. The molecule has 1 unspecified atom stereocenters. The second kappa shape index (κ2) is 10.7. The van der Waals surface area contributed by atoms with Crippen molar-refractivity contribution >= 4 is 11.8 Å². The van der Waals surface area contributed by atoms with Crippen LogP contribution in [0.4, 0.5) is 0 Å². The molecule has 2 N–H and O–H groups in total. The van der Waals surface area contributed by atoms with E-state index in [0.29, 0.717) is 24.2 Å². The van der Waals surface area contributed by atoms with Gasteiger partial charge in [0.05, 0.1) is 12.2 Å². The Hall–Kier alpha value is -2.73. The SMILES string of the molecule is CCCNC(=O)c1cccc(C(=O)N(Cc2ccccn2)C2CCCNCC2)c1. The van der Waals surface area contributed by atoms with Crippen LogP contribution in [0.2, 0.25) is 0 Å². The second-order valence-corrected chi connectivity index (χ2v) is 7.43. The summed E-state index contributed by atoms with van der Waals surface area (Å²) >= 11 is 0. The van der Waals surface area contributed by atoms with E-state index >= 15 is 0 Å². The average Bonchev–Trinajstić information content (AvgIpc) is 3.05. The molecule has 154 valence electrons. The fourth-order valence-corrected chi connectivity index (χ4v) is 3.65. The predicted molar refractivity (Wildman–Crippen MR) is 114 cm³/mol. The first kappa shape index (κ1) is 21.0. The van der Waals surface area contributed by atoms with Gasteiger partial charge in [0.1, 0.15) is 0 Å². The quantitative estimate of drug-likeness (QED) is 0.757. The molecule has 1 saturated heterocycles. The molecule has 6 nitrogen and oxygen atoms in total. The molecule has 0 aliphatic carbocycles. The monoisotopic (exact) mass is 394 g/mol. The highest BCUT2D eigenvalue weighted by molar-refractivity contribution is 5.99. The van der Waals surface area contributed by atoms with E-state index in [1.165, 1.54) is 0 Å². The zero-order chi connectivity index (χ0) is 20.5. The zero-order valence-electron chi connectivity index (χ0n) is 17.1. The normalized spacial score (nSPS) is 16.7. The van der Waals surface area contributed by atoms with Gasteiger partial charge in [-0.2, -0.15) is 0 Å². The fourth-order valence-electron chi connectivity index (χ4n) is 3.65. The molecule has 1 aliphatic heterocycles. The Morgan fingerprint density at radius 3 is 2.79 bits per heavy atom. The van der Waals surface area contributed by atoms with Crippen LogP contribution in [-0.4, -0.2) is 47.4 Å². The number of rotatable bonds is 7. The molecule has 0 spiro atoms. The lowest BCUT2D eigenvalue weighted by Gasteiger charge is -2.31. The fraction of sp³-hybridized carbons (Fsp3) is 0.435. The number of nitrogens with zero attached hydrogens (tertiary/aromatic N) is 2. The Morgan fingerprint density at radius 2 is 2.00 bits per heavy atom. The summed E-state index contributed by atoms with van der Waals surface area (Å²) in [4.78, 5) is 32.2. The number of aromatic nitrogens is 1. The van der Waals surface area contributed by atoms with Crippen molar-refractivity contribution in [2.24, 2.45) is 0 Å². The van der Waals surface area contributed by atoms with E-state index in [2.05, 4.69) is 15.6 Å². The minimum atomic E-state index is -0.142. The van der Waals surface area contributed by atoms with Crippen molar-refractivity contribution in [3.8, 4) is 0 Å². The van der Waals surface area contributed by atoms with Crippen LogP contribution < -0.4 is 10.6 Å². The third kappa shape index (κ3) is 5.87. The Morgan fingerprint density at radius 1 is 1.14 bits per heavy atom. The molecule has 1 fully saturated rings. The van der Waals surface area contributed by atoms with E-state index in [1.54, 1.807) is 30.5 Å². The van der Waals surface area contributed by atoms with Gasteiger partial charge in [-0.1, -0.05) is 19.1 Å². The molecular weight excluding hydrogens is 364 g/mol. The van der Waals surface area contributed by atoms with E-state index in [-0.39, 0.29) is 17.9 Å². The average molecular weight is 395 g/mol. The number of nitrogens with one attached hydrogen (secondary N) is 2. The molecule has 0 saturated carbocycles. The van der Waals surface area contributed by atoms with Crippen LogP contribution in [0.1, 0.15) is 59.0 Å². The molecule has 1 atom stereocenters. The van der Waals surface area contributed by atoms with Crippen LogP contribution >= 0.6 is 0 Å². The molecular formula is C23H30N4O2. The molecule has 6 heteroatoms. The maximum absolute atomic E-state index is 13.5. The van der Waals surface area contributed by atoms with Crippen molar-refractivity contribution in [2.45, 2.75) is 45.2 Å². The van der Waals surface area contributed by atoms with E-state index in [4.69, 9.17) is 0 Å². The minimum absolute atomic E-state index is 0.0484. The van der Waals surface area contributed by atoms with Gasteiger partial charge in [-0.15, -0.1) is 0 Å². The molecule has 29 heavy (non-hydrogen) atoms. The summed E-state index contributed by atoms with van der Waals surface area (Å²) in [5.41, 5.74) is 1.93. The number of pyridine rings is 1. The van der Waals surface area contributed by atoms with E-state index in [9.17, 15) is 9.59 Å². The maximum Gasteiger partial charge on any atom is 0.254 e. The van der Waals surface area contributed by atoms with Gasteiger partial charge in [0.15, 0.2) is 0 Å². The minimum Gasteiger partial charge on any atom is -0.352 e. The Balaban J connectivity index is 1.84. The van der Waals surface area contributed by atoms with E-state index < -0.39 is 0 Å². The standard InChI is InChI=1S/C23H30N4O2/c1-2-12-26-22(28)18-7-5-8-19(16-18)23(29)27(17-20-9-3-4-14-25-20)21-10-6-13-24-15-11-21/h3-5,7-9,14,16,21,24H,2,6,10-13,15,17H2,1H3,(H,26,28). The molecule has 2 aromatic rings. The Labute approximate surface area is 172 Å². The first-order valence-corrected chi connectivity index (χ1v) is 10.5. The number of amides is 2. The van der Waals surface area contributed by atoms with Crippen molar-refractivity contribution in [2.75, 3.05) is 19.6 Å². The van der Waals surface area contributed by atoms with Crippen LogP contribution in [0.3, 0.4) is 0 Å². The number of hydrogen-bond acceptors (Lipinski definition) is 4. The van der Waals surface area contributed by atoms with Gasteiger partial charge >= 0.3 is 0 Å². The van der Waals surface area contributed by atoms with Crippen LogP contribution in [0, 0.1) is 0 Å². The molecule has 0 radical (unpaired) electrons. The van der Waals surface area contributed by atoms with Crippen molar-refractivity contribution in [1.82, 2.24) is 20.5 Å². The highest BCUT2D eigenvalue weighted by Crippen LogP contribution is 2.20. The Bertz CT molecular complexity index is 802. The van der Waals surface area contributed by atoms with Gasteiger partial charge in [-0.3, -0.25) is 14.6 Å². The van der Waals surface area contributed by atoms with Crippen LogP contribution in [0.15, 0.2) is 48.7 Å². The molecule has 2 heterocycles. The molecule has 1 aliphatic rings. The van der Waals surface area contributed by atoms with Crippen LogP contribution in [-0.2, 0) is 6.54 Å². The first-order chi connectivity index (χ1) is 14.2. The van der Waals surface area contributed by atoms with Gasteiger partial charge in [-0.25, -0.2) is 0 Å². The number of carbonyl (C=O) groups excluding carboxylic acids is 2. The number of benzene rings is 1. The molecule has 1 aromatic carbocycles. The molecule has 3 rings (SSSR count). The molecule has 2 amide bonds. The number of carbonyl (C=O) groups is 2. The highest BCUT2D eigenvalue weighted by atomic mass is 16.2. The summed E-state index contributed by atoms with van der Waals surface area (Å²) in [6, 6.07) is 12.9. The topological polar surface area (TPSA) is 74.3 Å². The van der Waals surface area contributed by atoms with Gasteiger partial charge in [0.25, 0.3) is 11.8 Å². The first-order valence-electron chi connectivity index (χ1n) is 10.5. The molecule has 1 aromatic heterocycles. The zero-order valence-corrected chi connectivity index (χ0v) is 17.1. The van der Waals surface area contributed by atoms with E-state index in [1.807, 2.05) is 30.0 Å². The highest BCUT2D eigenvalue weighted by Gasteiger charge is 2.26. The maximum atomic E-state index is 13.5. The second-order valence-electron chi connectivity index (χ2n) is 7.43. The van der Waals surface area contributed by atoms with Crippen LogP contribution in [0.25, 0.3) is 0 Å². The largest absolute Gasteiger partial charge is 0.352 e. The van der Waals surface area contributed by atoms with Gasteiger partial charge in [-0.05, 0) is 69.1 Å². The smallest absolute Gasteiger partial charge is 0.254 e. The van der Waals surface area contributed by atoms with Gasteiger partial charge < -0.3 is 15.5 Å². The summed E-state index contributed by atoms with van der Waals surface area (Å²) in [5, 5.41) is 6.29. The number of hydrogen-bond donors (Lipinski definition) is 2. The van der Waals surface area contributed by atoms with Gasteiger partial charge in [0.2, 0.25) is 0 Å². The predicted octanol–water partition coefficient (Wildman–Crippen LogP) is 3.01. The van der Waals surface area contributed by atoms with E-state index in [0.717, 1.165) is 44.5 Å². The van der Waals surface area contributed by atoms with Crippen LogP contribution in [0.5, 0.6) is 0 Å². The lowest BCUT2D eigenvalue weighted by atomic mass is 10.0. The summed E-state index contributed by atoms with van der Waals surface area (Å²) in [6.07, 6.45) is 5.54. The summed E-state index contributed by atoms with van der Waals surface area (Å²) in [7, 11) is 0. The lowest BCUT2D eigenvalue weighted by Crippen LogP contribution is -2.40. The van der Waals surface area contributed by atoms with Crippen molar-refractivity contribution in [3.63, 3.8) is 0 Å². The third-order valence-corrected chi connectivity index (χ3v) is 5.21. The third-order valence-electron chi connectivity index (χ3n) is 5.21. The Kier molecular flexibility index (Phi) is 7.76. The van der Waals surface area contributed by atoms with Crippen molar-refractivity contribution < 1.29 is 9.59 Å². The summed E-state index contributed by atoms with van der Waals surface area (Å²) in [6.45, 7) is 4.98. The summed E-state index contributed by atoms with van der Waals surface area (Å²) < 4.78 is 0. The van der Waals surface area contributed by atoms with Gasteiger partial charge in [0, 0.05) is 29.9 Å². The van der Waals surface area contributed by atoms with Crippen molar-refractivity contribution in [3.05, 3.63) is 65.5 Å². The molecule has 0 bridgehead atoms. The summed E-state index contributed by atoms with van der Waals surface area (Å²) in [5.74, 6) is -0.191. The van der Waals surface area contributed by atoms with Crippen molar-refractivity contribution in [1.29, 1.82) is 0 Å².